The molecule has 1 rings (SSSR count). The Kier molecular flexibility index (Phi) is 4.47. The van der Waals surface area contributed by atoms with Gasteiger partial charge in [-0.1, -0.05) is 19.9 Å². The summed E-state index contributed by atoms with van der Waals surface area (Å²) in [6.07, 6.45) is 1.43. The Morgan fingerprint density at radius 1 is 1.38 bits per heavy atom. The van der Waals surface area contributed by atoms with Crippen molar-refractivity contribution in [1.82, 2.24) is 0 Å². The summed E-state index contributed by atoms with van der Waals surface area (Å²) >= 11 is 0. The molecule has 0 heterocycles. The number of hydrogen-bond acceptors (Lipinski definition) is 2. The van der Waals surface area contributed by atoms with Crippen molar-refractivity contribution >= 4 is 5.78 Å². The van der Waals surface area contributed by atoms with Crippen LogP contribution in [0.1, 0.15) is 37.0 Å². The summed E-state index contributed by atoms with van der Waals surface area (Å²) in [6.45, 7) is 3.86. The van der Waals surface area contributed by atoms with E-state index < -0.39 is 5.82 Å². The van der Waals surface area contributed by atoms with Gasteiger partial charge < -0.3 is 4.74 Å². The van der Waals surface area contributed by atoms with E-state index in [1.165, 1.54) is 19.2 Å². The summed E-state index contributed by atoms with van der Waals surface area (Å²) in [4.78, 5) is 12.1. The van der Waals surface area contributed by atoms with Gasteiger partial charge in [0.15, 0.2) is 5.78 Å². The number of carbonyl (C=O) groups excluding carboxylic acids is 1. The number of methoxy groups -OCH3 is 1. The van der Waals surface area contributed by atoms with E-state index in [9.17, 15) is 9.18 Å². The first-order valence-corrected chi connectivity index (χ1v) is 5.52. The van der Waals surface area contributed by atoms with Crippen LogP contribution in [0.15, 0.2) is 18.2 Å². The van der Waals surface area contributed by atoms with Crippen molar-refractivity contribution in [3.63, 3.8) is 0 Å². The average molecular weight is 224 g/mol. The number of benzene rings is 1. The van der Waals surface area contributed by atoms with E-state index in [1.807, 2.05) is 13.8 Å². The van der Waals surface area contributed by atoms with Gasteiger partial charge in [-0.15, -0.1) is 0 Å². The van der Waals surface area contributed by atoms with E-state index >= 15 is 0 Å². The number of carbonyl (C=O) groups is 1. The topological polar surface area (TPSA) is 26.3 Å². The van der Waals surface area contributed by atoms with Crippen molar-refractivity contribution in [1.29, 1.82) is 0 Å². The molecule has 0 N–H and O–H groups in total. The number of Topliss-reactive ketones (excluding diaryl/α,β-unsaturated/α-hetero) is 1. The second-order valence-electron chi connectivity index (χ2n) is 3.69. The zero-order chi connectivity index (χ0) is 12.1. The van der Waals surface area contributed by atoms with Crippen LogP contribution < -0.4 is 4.74 Å². The highest BCUT2D eigenvalue weighted by molar-refractivity contribution is 6.00. The van der Waals surface area contributed by atoms with Gasteiger partial charge in [0.1, 0.15) is 11.6 Å². The van der Waals surface area contributed by atoms with Gasteiger partial charge in [0.05, 0.1) is 12.7 Å². The monoisotopic (exact) mass is 224 g/mol. The molecule has 0 fully saturated rings. The second-order valence-corrected chi connectivity index (χ2v) is 3.69. The molecule has 0 spiro atoms. The molecule has 1 aromatic rings. The van der Waals surface area contributed by atoms with E-state index in [1.54, 1.807) is 6.07 Å². The van der Waals surface area contributed by atoms with Gasteiger partial charge in [-0.3, -0.25) is 4.79 Å². The zero-order valence-corrected chi connectivity index (χ0v) is 9.92. The molecule has 0 atom stereocenters. The Balaban J connectivity index is 3.16. The molecule has 0 radical (unpaired) electrons. The summed E-state index contributed by atoms with van der Waals surface area (Å²) in [7, 11) is 1.44. The summed E-state index contributed by atoms with van der Waals surface area (Å²) in [5.74, 6) is -0.487. The lowest BCUT2D eigenvalue weighted by molar-refractivity contribution is 0.0906. The van der Waals surface area contributed by atoms with Crippen molar-refractivity contribution in [3.05, 3.63) is 29.6 Å². The summed E-state index contributed by atoms with van der Waals surface area (Å²) in [5, 5.41) is 0. The Labute approximate surface area is 95.4 Å². The minimum atomic E-state index is -0.503. The molecule has 16 heavy (non-hydrogen) atoms. The first-order chi connectivity index (χ1) is 7.65. The molecule has 0 saturated heterocycles. The maximum absolute atomic E-state index is 13.6. The molecular formula is C13H17FO2. The standard InChI is InChI=1S/C13H17FO2/c1-4-9(5-2)13(15)12-10(14)7-6-8-11(12)16-3/h6-9H,4-5H2,1-3H3. The van der Waals surface area contributed by atoms with Crippen molar-refractivity contribution in [2.24, 2.45) is 5.92 Å². The van der Waals surface area contributed by atoms with Gasteiger partial charge >= 0.3 is 0 Å². The van der Waals surface area contributed by atoms with Gasteiger partial charge in [0, 0.05) is 5.92 Å². The highest BCUT2D eigenvalue weighted by Crippen LogP contribution is 2.26. The van der Waals surface area contributed by atoms with E-state index in [0.29, 0.717) is 18.6 Å². The van der Waals surface area contributed by atoms with Gasteiger partial charge in [-0.05, 0) is 25.0 Å². The quantitative estimate of drug-likeness (QED) is 0.716. The number of ether oxygens (including phenoxy) is 1. The lowest BCUT2D eigenvalue weighted by Crippen LogP contribution is -2.15. The Morgan fingerprint density at radius 3 is 2.50 bits per heavy atom. The number of hydrogen-bond donors (Lipinski definition) is 0. The maximum atomic E-state index is 13.6. The molecule has 2 nitrogen and oxygen atoms in total. The number of rotatable bonds is 5. The van der Waals surface area contributed by atoms with Crippen LogP contribution in [-0.4, -0.2) is 12.9 Å². The van der Waals surface area contributed by atoms with Crippen LogP contribution in [0.3, 0.4) is 0 Å². The van der Waals surface area contributed by atoms with Gasteiger partial charge in [0.2, 0.25) is 0 Å². The number of ketones is 1. The Bertz CT molecular complexity index is 370. The molecule has 0 aliphatic rings. The van der Waals surface area contributed by atoms with Crippen LogP contribution in [0, 0.1) is 11.7 Å². The van der Waals surface area contributed by atoms with Crippen LogP contribution in [0.25, 0.3) is 0 Å². The normalized spacial score (nSPS) is 10.6. The lowest BCUT2D eigenvalue weighted by atomic mass is 9.92. The van der Waals surface area contributed by atoms with Gasteiger partial charge in [-0.2, -0.15) is 0 Å². The average Bonchev–Trinajstić information content (AvgIpc) is 2.29. The van der Waals surface area contributed by atoms with Crippen LogP contribution in [0.4, 0.5) is 4.39 Å². The summed E-state index contributed by atoms with van der Waals surface area (Å²) < 4.78 is 18.6. The van der Waals surface area contributed by atoms with Crippen molar-refractivity contribution in [2.75, 3.05) is 7.11 Å². The molecule has 3 heteroatoms. The molecule has 0 amide bonds. The van der Waals surface area contributed by atoms with Crippen LogP contribution >= 0.6 is 0 Å². The third-order valence-corrected chi connectivity index (χ3v) is 2.80. The van der Waals surface area contributed by atoms with Gasteiger partial charge in [-0.25, -0.2) is 4.39 Å². The van der Waals surface area contributed by atoms with Crippen molar-refractivity contribution in [2.45, 2.75) is 26.7 Å². The first kappa shape index (κ1) is 12.7. The predicted molar refractivity (Wildman–Crippen MR) is 61.4 cm³/mol. The molecule has 0 aliphatic heterocycles. The maximum Gasteiger partial charge on any atom is 0.172 e. The molecule has 0 aliphatic carbocycles. The fraction of sp³-hybridized carbons (Fsp3) is 0.462. The van der Waals surface area contributed by atoms with Crippen molar-refractivity contribution < 1.29 is 13.9 Å². The molecule has 0 bridgehead atoms. The van der Waals surface area contributed by atoms with E-state index in [0.717, 1.165) is 0 Å². The summed E-state index contributed by atoms with van der Waals surface area (Å²) in [5.41, 5.74) is 0.0821. The number of halogens is 1. The minimum Gasteiger partial charge on any atom is -0.496 e. The second kappa shape index (κ2) is 5.64. The highest BCUT2D eigenvalue weighted by Gasteiger charge is 2.23. The SMILES string of the molecule is CCC(CC)C(=O)c1c(F)cccc1OC. The smallest absolute Gasteiger partial charge is 0.172 e. The largest absolute Gasteiger partial charge is 0.496 e. The fourth-order valence-electron chi connectivity index (χ4n) is 1.78. The van der Waals surface area contributed by atoms with E-state index in [4.69, 9.17) is 4.74 Å². The predicted octanol–water partition coefficient (Wildman–Crippen LogP) is 3.45. The minimum absolute atomic E-state index is 0.0821. The Morgan fingerprint density at radius 2 is 2.00 bits per heavy atom. The van der Waals surface area contributed by atoms with E-state index in [2.05, 4.69) is 0 Å². The molecule has 1 aromatic carbocycles. The molecule has 88 valence electrons. The molecular weight excluding hydrogens is 207 g/mol. The van der Waals surface area contributed by atoms with E-state index in [-0.39, 0.29) is 17.3 Å². The van der Waals surface area contributed by atoms with Gasteiger partial charge in [0.25, 0.3) is 0 Å². The zero-order valence-electron chi connectivity index (χ0n) is 9.92. The van der Waals surface area contributed by atoms with Crippen LogP contribution in [0.5, 0.6) is 5.75 Å². The molecule has 0 saturated carbocycles. The third-order valence-electron chi connectivity index (χ3n) is 2.80. The Hall–Kier alpha value is -1.38. The van der Waals surface area contributed by atoms with Crippen LogP contribution in [0.2, 0.25) is 0 Å². The van der Waals surface area contributed by atoms with Crippen molar-refractivity contribution in [3.8, 4) is 5.75 Å². The summed E-state index contributed by atoms with van der Waals surface area (Å²) in [6, 6.07) is 4.44. The molecule has 0 unspecified atom stereocenters. The molecule has 0 aromatic heterocycles. The van der Waals surface area contributed by atoms with Crippen LogP contribution in [-0.2, 0) is 0 Å². The first-order valence-electron chi connectivity index (χ1n) is 5.52. The third kappa shape index (κ3) is 2.40. The fourth-order valence-corrected chi connectivity index (χ4v) is 1.78. The highest BCUT2D eigenvalue weighted by atomic mass is 19.1. The lowest BCUT2D eigenvalue weighted by Gasteiger charge is -2.14.